The molecule has 0 fully saturated rings. The van der Waals surface area contributed by atoms with E-state index in [2.05, 4.69) is 20.6 Å². The van der Waals surface area contributed by atoms with Crippen LogP contribution in [0.15, 0.2) is 41.2 Å². The zero-order valence-corrected chi connectivity index (χ0v) is 15.8. The van der Waals surface area contributed by atoms with Crippen molar-refractivity contribution in [3.05, 3.63) is 47.9 Å². The summed E-state index contributed by atoms with van der Waals surface area (Å²) in [5.41, 5.74) is 3.27. The lowest BCUT2D eigenvalue weighted by Crippen LogP contribution is -2.12. The monoisotopic (exact) mass is 391 g/mol. The lowest BCUT2D eigenvalue weighted by molar-refractivity contribution is 0.102. The van der Waals surface area contributed by atoms with Crippen molar-refractivity contribution in [1.82, 2.24) is 19.9 Å². The van der Waals surface area contributed by atoms with Gasteiger partial charge >= 0.3 is 0 Å². The molecule has 1 N–H and O–H groups in total. The number of amides is 1. The van der Waals surface area contributed by atoms with Gasteiger partial charge in [-0.3, -0.25) is 9.48 Å². The summed E-state index contributed by atoms with van der Waals surface area (Å²) in [6.07, 6.45) is 3.38. The number of aryl methyl sites for hydroxylation is 2. The molecule has 3 aromatic heterocycles. The summed E-state index contributed by atoms with van der Waals surface area (Å²) in [6, 6.07) is 7.22. The van der Waals surface area contributed by atoms with Crippen molar-refractivity contribution >= 4 is 22.7 Å². The first kappa shape index (κ1) is 17.2. The Morgan fingerprint density at radius 1 is 1.24 bits per heavy atom. The van der Waals surface area contributed by atoms with E-state index in [0.29, 0.717) is 51.8 Å². The molecule has 9 heteroatoms. The van der Waals surface area contributed by atoms with Crippen LogP contribution in [-0.4, -0.2) is 32.6 Å². The number of benzene rings is 1. The van der Waals surface area contributed by atoms with Crippen LogP contribution in [0.2, 0.25) is 0 Å². The summed E-state index contributed by atoms with van der Waals surface area (Å²) in [5, 5.41) is 11.6. The number of fused-ring (bicyclic) bond motifs is 2. The Balaban J connectivity index is 1.58. The number of pyridine rings is 1. The fourth-order valence-corrected chi connectivity index (χ4v) is 3.28. The molecule has 0 saturated heterocycles. The van der Waals surface area contributed by atoms with E-state index < -0.39 is 0 Å². The highest BCUT2D eigenvalue weighted by molar-refractivity contribution is 6.13. The Morgan fingerprint density at radius 2 is 2.10 bits per heavy atom. The maximum Gasteiger partial charge on any atom is 0.259 e. The summed E-state index contributed by atoms with van der Waals surface area (Å²) in [6.45, 7) is 4.66. The van der Waals surface area contributed by atoms with Crippen LogP contribution in [0.4, 0.5) is 5.69 Å². The van der Waals surface area contributed by atoms with Gasteiger partial charge in [-0.1, -0.05) is 5.16 Å². The number of nitrogens with one attached hydrogen (secondary N) is 1. The largest absolute Gasteiger partial charge is 0.454 e. The Morgan fingerprint density at radius 3 is 2.93 bits per heavy atom. The Labute approximate surface area is 165 Å². The van der Waals surface area contributed by atoms with Crippen LogP contribution in [0.5, 0.6) is 11.5 Å². The van der Waals surface area contributed by atoms with Gasteiger partial charge in [0.15, 0.2) is 11.5 Å². The predicted molar refractivity (Wildman–Crippen MR) is 104 cm³/mol. The standard InChI is InChI=1S/C20H17N5O4/c1-3-25-9-13(8-21-25)22-19(26)14-7-15(23-20-18(14)11(2)24-29-20)12-4-5-16-17(6-12)28-10-27-16/h4-9H,3,10H2,1-2H3,(H,22,26). The van der Waals surface area contributed by atoms with E-state index in [4.69, 9.17) is 14.0 Å². The van der Waals surface area contributed by atoms with E-state index in [9.17, 15) is 4.79 Å². The van der Waals surface area contributed by atoms with Gasteiger partial charge in [0.2, 0.25) is 6.79 Å². The van der Waals surface area contributed by atoms with E-state index in [1.165, 1.54) is 0 Å². The van der Waals surface area contributed by atoms with Crippen LogP contribution in [0.25, 0.3) is 22.4 Å². The van der Waals surface area contributed by atoms with Gasteiger partial charge in [-0.25, -0.2) is 4.98 Å². The van der Waals surface area contributed by atoms with Crippen LogP contribution in [0.1, 0.15) is 23.0 Å². The van der Waals surface area contributed by atoms with Crippen molar-refractivity contribution in [3.63, 3.8) is 0 Å². The van der Waals surface area contributed by atoms with Crippen molar-refractivity contribution in [2.75, 3.05) is 12.1 Å². The van der Waals surface area contributed by atoms with E-state index in [-0.39, 0.29) is 12.7 Å². The first-order valence-corrected chi connectivity index (χ1v) is 9.13. The molecule has 0 radical (unpaired) electrons. The fraction of sp³-hybridized carbons (Fsp3) is 0.200. The van der Waals surface area contributed by atoms with Gasteiger partial charge in [0.05, 0.1) is 34.2 Å². The lowest BCUT2D eigenvalue weighted by atomic mass is 10.0. The highest BCUT2D eigenvalue weighted by atomic mass is 16.7. The summed E-state index contributed by atoms with van der Waals surface area (Å²) in [5.74, 6) is 1.02. The van der Waals surface area contributed by atoms with E-state index in [1.807, 2.05) is 25.1 Å². The third kappa shape index (κ3) is 2.96. The average molecular weight is 391 g/mol. The smallest absolute Gasteiger partial charge is 0.259 e. The minimum Gasteiger partial charge on any atom is -0.454 e. The molecule has 0 spiro atoms. The number of hydrogen-bond donors (Lipinski definition) is 1. The molecule has 4 aromatic rings. The van der Waals surface area contributed by atoms with Crippen molar-refractivity contribution in [2.24, 2.45) is 0 Å². The Kier molecular flexibility index (Phi) is 3.94. The molecule has 29 heavy (non-hydrogen) atoms. The number of anilines is 1. The first-order valence-electron chi connectivity index (χ1n) is 9.13. The van der Waals surface area contributed by atoms with Gasteiger partial charge in [-0.05, 0) is 38.1 Å². The van der Waals surface area contributed by atoms with Crippen molar-refractivity contribution in [1.29, 1.82) is 0 Å². The Bertz CT molecular complexity index is 1240. The van der Waals surface area contributed by atoms with Gasteiger partial charge in [-0.2, -0.15) is 5.10 Å². The number of carbonyl (C=O) groups is 1. The molecule has 1 aliphatic rings. The minimum atomic E-state index is -0.290. The molecule has 0 bridgehead atoms. The van der Waals surface area contributed by atoms with Crippen molar-refractivity contribution in [2.45, 2.75) is 20.4 Å². The maximum atomic E-state index is 13.1. The highest BCUT2D eigenvalue weighted by Crippen LogP contribution is 2.36. The first-order chi connectivity index (χ1) is 14.1. The lowest BCUT2D eigenvalue weighted by Gasteiger charge is -2.08. The molecule has 0 saturated carbocycles. The molecule has 146 valence electrons. The maximum absolute atomic E-state index is 13.1. The van der Waals surface area contributed by atoms with Crippen LogP contribution < -0.4 is 14.8 Å². The second-order valence-electron chi connectivity index (χ2n) is 6.61. The highest BCUT2D eigenvalue weighted by Gasteiger charge is 2.21. The normalized spacial score (nSPS) is 12.5. The van der Waals surface area contributed by atoms with E-state index in [0.717, 1.165) is 5.56 Å². The van der Waals surface area contributed by atoms with Gasteiger partial charge in [-0.15, -0.1) is 0 Å². The molecule has 9 nitrogen and oxygen atoms in total. The molecular weight excluding hydrogens is 374 g/mol. The van der Waals surface area contributed by atoms with Crippen molar-refractivity contribution in [3.8, 4) is 22.8 Å². The third-order valence-electron chi connectivity index (χ3n) is 4.75. The molecule has 1 aliphatic heterocycles. The number of carbonyl (C=O) groups excluding carboxylic acids is 1. The number of ether oxygens (including phenoxy) is 2. The fourth-order valence-electron chi connectivity index (χ4n) is 3.28. The second-order valence-corrected chi connectivity index (χ2v) is 6.61. The summed E-state index contributed by atoms with van der Waals surface area (Å²) < 4.78 is 17.9. The number of hydrogen-bond acceptors (Lipinski definition) is 7. The SMILES string of the molecule is CCn1cc(NC(=O)c2cc(-c3ccc4c(c3)OCO4)nc3onc(C)c23)cn1. The molecule has 1 aromatic carbocycles. The van der Waals surface area contributed by atoms with Crippen molar-refractivity contribution < 1.29 is 18.8 Å². The molecule has 4 heterocycles. The Hall–Kier alpha value is -3.88. The molecule has 0 aliphatic carbocycles. The van der Waals surface area contributed by atoms with Crippen LogP contribution in [0, 0.1) is 6.92 Å². The average Bonchev–Trinajstić information content (AvgIpc) is 3.46. The zero-order chi connectivity index (χ0) is 20.0. The van der Waals surface area contributed by atoms with Gasteiger partial charge < -0.3 is 19.3 Å². The summed E-state index contributed by atoms with van der Waals surface area (Å²) in [7, 11) is 0. The number of nitrogens with zero attached hydrogens (tertiary/aromatic N) is 4. The topological polar surface area (TPSA) is 104 Å². The van der Waals surface area contributed by atoms with Gasteiger partial charge in [0.25, 0.3) is 11.6 Å². The molecular formula is C20H17N5O4. The van der Waals surface area contributed by atoms with Crippen LogP contribution in [-0.2, 0) is 6.54 Å². The molecule has 0 unspecified atom stereocenters. The molecule has 5 rings (SSSR count). The van der Waals surface area contributed by atoms with E-state index in [1.54, 1.807) is 30.1 Å². The minimum absolute atomic E-state index is 0.186. The van der Waals surface area contributed by atoms with E-state index >= 15 is 0 Å². The van der Waals surface area contributed by atoms with Gasteiger partial charge in [0.1, 0.15) is 0 Å². The zero-order valence-electron chi connectivity index (χ0n) is 15.8. The molecule has 0 atom stereocenters. The van der Waals surface area contributed by atoms with Crippen LogP contribution >= 0.6 is 0 Å². The number of aromatic nitrogens is 4. The molecule has 1 amide bonds. The van der Waals surface area contributed by atoms with Crippen LogP contribution in [0.3, 0.4) is 0 Å². The summed E-state index contributed by atoms with van der Waals surface area (Å²) >= 11 is 0. The summed E-state index contributed by atoms with van der Waals surface area (Å²) in [4.78, 5) is 17.6. The number of rotatable bonds is 4. The third-order valence-corrected chi connectivity index (χ3v) is 4.75. The predicted octanol–water partition coefficient (Wildman–Crippen LogP) is 3.40. The quantitative estimate of drug-likeness (QED) is 0.568. The van der Waals surface area contributed by atoms with Gasteiger partial charge in [0, 0.05) is 18.3 Å². The second kappa shape index (κ2) is 6.62.